The Morgan fingerprint density at radius 3 is 2.38 bits per heavy atom. The molecule has 1 aromatic heterocycles. The molecule has 0 radical (unpaired) electrons. The molecule has 3 aromatic rings. The van der Waals surface area contributed by atoms with Gasteiger partial charge in [-0.25, -0.2) is 18.4 Å². The number of fused-ring (bicyclic) bond motifs is 1. The summed E-state index contributed by atoms with van der Waals surface area (Å²) in [6, 6.07) is 10.6. The van der Waals surface area contributed by atoms with Crippen molar-refractivity contribution in [2.45, 2.75) is 13.8 Å². The molecule has 3 rings (SSSR count). The predicted molar refractivity (Wildman–Crippen MR) is 115 cm³/mol. The largest absolute Gasteiger partial charge is 0.493 e. The van der Waals surface area contributed by atoms with Crippen LogP contribution in [0, 0.1) is 5.92 Å². The second-order valence-corrected chi connectivity index (χ2v) is 8.70. The zero-order valence-corrected chi connectivity index (χ0v) is 17.6. The maximum Gasteiger partial charge on any atom is 0.232 e. The van der Waals surface area contributed by atoms with E-state index in [0.29, 0.717) is 34.2 Å². The van der Waals surface area contributed by atoms with Crippen molar-refractivity contribution in [1.82, 2.24) is 9.97 Å². The van der Waals surface area contributed by atoms with Crippen molar-refractivity contribution in [2.24, 2.45) is 5.92 Å². The van der Waals surface area contributed by atoms with E-state index in [1.807, 2.05) is 19.9 Å². The molecule has 0 atom stereocenters. The van der Waals surface area contributed by atoms with E-state index in [1.54, 1.807) is 44.6 Å². The van der Waals surface area contributed by atoms with Crippen molar-refractivity contribution in [3.8, 4) is 11.5 Å². The van der Waals surface area contributed by atoms with Gasteiger partial charge in [0.1, 0.15) is 12.1 Å². The van der Waals surface area contributed by atoms with E-state index in [4.69, 9.17) is 9.47 Å². The molecule has 0 fully saturated rings. The zero-order valence-electron chi connectivity index (χ0n) is 16.8. The number of rotatable bonds is 8. The van der Waals surface area contributed by atoms with Gasteiger partial charge < -0.3 is 14.8 Å². The first kappa shape index (κ1) is 20.7. The van der Waals surface area contributed by atoms with Gasteiger partial charge in [0.05, 0.1) is 31.2 Å². The number of hydrogen-bond acceptors (Lipinski definition) is 7. The summed E-state index contributed by atoms with van der Waals surface area (Å²) in [5.74, 6) is 1.80. The molecular weight excluding hydrogens is 392 g/mol. The summed E-state index contributed by atoms with van der Waals surface area (Å²) < 4.78 is 37.7. The number of nitrogens with zero attached hydrogens (tertiary/aromatic N) is 2. The third-order valence-electron chi connectivity index (χ3n) is 4.09. The quantitative estimate of drug-likeness (QED) is 0.576. The topological polar surface area (TPSA) is 102 Å². The van der Waals surface area contributed by atoms with Gasteiger partial charge in [0.25, 0.3) is 0 Å². The average molecular weight is 417 g/mol. The molecule has 0 saturated heterocycles. The van der Waals surface area contributed by atoms with Gasteiger partial charge in [-0.2, -0.15) is 0 Å². The predicted octanol–water partition coefficient (Wildman–Crippen LogP) is 3.79. The molecule has 9 heteroatoms. The molecule has 0 amide bonds. The lowest BCUT2D eigenvalue weighted by Crippen LogP contribution is -2.20. The lowest BCUT2D eigenvalue weighted by atomic mass is 10.2. The van der Waals surface area contributed by atoms with Gasteiger partial charge >= 0.3 is 0 Å². The maximum absolute atomic E-state index is 12.2. The second kappa shape index (κ2) is 8.52. The molecule has 0 aliphatic heterocycles. The number of anilines is 3. The van der Waals surface area contributed by atoms with Crippen LogP contribution >= 0.6 is 0 Å². The summed E-state index contributed by atoms with van der Waals surface area (Å²) >= 11 is 0. The summed E-state index contributed by atoms with van der Waals surface area (Å²) in [6.45, 7) is 3.72. The highest BCUT2D eigenvalue weighted by atomic mass is 32.2. The molecule has 0 bridgehead atoms. The smallest absolute Gasteiger partial charge is 0.232 e. The molecule has 154 valence electrons. The fourth-order valence-electron chi connectivity index (χ4n) is 2.94. The van der Waals surface area contributed by atoms with Crippen LogP contribution in [0.1, 0.15) is 13.8 Å². The van der Waals surface area contributed by atoms with Gasteiger partial charge in [-0.05, 0) is 30.2 Å². The Labute approximate surface area is 170 Å². The minimum Gasteiger partial charge on any atom is -0.493 e. The fraction of sp³-hybridized carbons (Fsp3) is 0.300. The van der Waals surface area contributed by atoms with E-state index >= 15 is 0 Å². The summed E-state index contributed by atoms with van der Waals surface area (Å²) in [4.78, 5) is 8.60. The maximum atomic E-state index is 12.2. The number of sulfonamides is 1. The molecule has 2 N–H and O–H groups in total. The SMILES string of the molecule is COc1cc2ncnc(Nc3cccc(NS(=O)(=O)CC(C)C)c3)c2cc1OC. The Balaban J connectivity index is 1.91. The van der Waals surface area contributed by atoms with Crippen molar-refractivity contribution < 1.29 is 17.9 Å². The number of hydrogen-bond donors (Lipinski definition) is 2. The third-order valence-corrected chi connectivity index (χ3v) is 5.74. The Hall–Kier alpha value is -3.07. The van der Waals surface area contributed by atoms with Crippen molar-refractivity contribution >= 4 is 38.1 Å². The number of nitrogens with one attached hydrogen (secondary N) is 2. The molecule has 0 spiro atoms. The number of ether oxygens (including phenoxy) is 2. The monoisotopic (exact) mass is 416 g/mol. The third kappa shape index (κ3) is 5.05. The minimum absolute atomic E-state index is 0.0353. The van der Waals surface area contributed by atoms with E-state index in [1.165, 1.54) is 6.33 Å². The van der Waals surface area contributed by atoms with Crippen LogP contribution in [-0.4, -0.2) is 38.4 Å². The molecule has 29 heavy (non-hydrogen) atoms. The van der Waals surface area contributed by atoms with Crippen molar-refractivity contribution in [3.05, 3.63) is 42.7 Å². The number of aromatic nitrogens is 2. The van der Waals surface area contributed by atoms with Crippen LogP contribution in [0.25, 0.3) is 10.9 Å². The molecular formula is C20H24N4O4S. The van der Waals surface area contributed by atoms with Gasteiger partial charge in [0.2, 0.25) is 10.0 Å². The Morgan fingerprint density at radius 1 is 1.00 bits per heavy atom. The second-order valence-electron chi connectivity index (χ2n) is 6.93. The molecule has 1 heterocycles. The first-order valence-electron chi connectivity index (χ1n) is 9.05. The van der Waals surface area contributed by atoms with Gasteiger partial charge in [0, 0.05) is 17.1 Å². The van der Waals surface area contributed by atoms with Crippen LogP contribution in [0.15, 0.2) is 42.7 Å². The summed E-state index contributed by atoms with van der Waals surface area (Å²) in [5, 5.41) is 3.97. The van der Waals surface area contributed by atoms with E-state index in [0.717, 1.165) is 5.39 Å². The lowest BCUT2D eigenvalue weighted by molar-refractivity contribution is 0.356. The molecule has 0 aliphatic carbocycles. The fourth-order valence-corrected chi connectivity index (χ4v) is 4.39. The van der Waals surface area contributed by atoms with Gasteiger partial charge in [-0.1, -0.05) is 19.9 Å². The first-order chi connectivity index (χ1) is 13.8. The van der Waals surface area contributed by atoms with Gasteiger partial charge in [0.15, 0.2) is 11.5 Å². The Morgan fingerprint density at radius 2 is 1.69 bits per heavy atom. The highest BCUT2D eigenvalue weighted by Gasteiger charge is 2.14. The Kier molecular flexibility index (Phi) is 6.07. The number of methoxy groups -OCH3 is 2. The highest BCUT2D eigenvalue weighted by Crippen LogP contribution is 2.34. The lowest BCUT2D eigenvalue weighted by Gasteiger charge is -2.13. The molecule has 0 saturated carbocycles. The van der Waals surface area contributed by atoms with Crippen LogP contribution in [0.3, 0.4) is 0 Å². The average Bonchev–Trinajstić information content (AvgIpc) is 2.66. The highest BCUT2D eigenvalue weighted by molar-refractivity contribution is 7.92. The van der Waals surface area contributed by atoms with Gasteiger partial charge in [-0.15, -0.1) is 0 Å². The molecule has 0 aliphatic rings. The summed E-state index contributed by atoms with van der Waals surface area (Å²) in [5.41, 5.74) is 1.85. The number of benzene rings is 2. The first-order valence-corrected chi connectivity index (χ1v) is 10.7. The molecule has 0 unspecified atom stereocenters. The Bertz CT molecular complexity index is 1120. The van der Waals surface area contributed by atoms with Crippen LogP contribution in [0.5, 0.6) is 11.5 Å². The normalized spacial score (nSPS) is 11.5. The van der Waals surface area contributed by atoms with Crippen molar-refractivity contribution in [3.63, 3.8) is 0 Å². The van der Waals surface area contributed by atoms with Gasteiger partial charge in [-0.3, -0.25) is 4.72 Å². The van der Waals surface area contributed by atoms with Crippen LogP contribution in [-0.2, 0) is 10.0 Å². The summed E-state index contributed by atoms with van der Waals surface area (Å²) in [6.07, 6.45) is 1.45. The van der Waals surface area contributed by atoms with E-state index in [9.17, 15) is 8.42 Å². The van der Waals surface area contributed by atoms with Crippen LogP contribution in [0.4, 0.5) is 17.2 Å². The molecule has 8 nitrogen and oxygen atoms in total. The van der Waals surface area contributed by atoms with Crippen LogP contribution < -0.4 is 19.5 Å². The van der Waals surface area contributed by atoms with Crippen molar-refractivity contribution in [2.75, 3.05) is 30.0 Å². The van der Waals surface area contributed by atoms with Crippen molar-refractivity contribution in [1.29, 1.82) is 0 Å². The molecule has 2 aromatic carbocycles. The van der Waals surface area contributed by atoms with E-state index < -0.39 is 10.0 Å². The van der Waals surface area contributed by atoms with Crippen LogP contribution in [0.2, 0.25) is 0 Å². The standard InChI is InChI=1S/C20H24N4O4S/c1-13(2)11-29(25,26)24-15-7-5-6-14(8-15)23-20-16-9-18(27-3)19(28-4)10-17(16)21-12-22-20/h5-10,12-13,24H,11H2,1-4H3,(H,21,22,23). The zero-order chi connectivity index (χ0) is 21.0. The summed E-state index contributed by atoms with van der Waals surface area (Å²) in [7, 11) is -0.281. The van der Waals surface area contributed by atoms with E-state index in [-0.39, 0.29) is 11.7 Å². The minimum atomic E-state index is -3.41. The van der Waals surface area contributed by atoms with E-state index in [2.05, 4.69) is 20.0 Å².